The lowest BCUT2D eigenvalue weighted by atomic mass is 9.96. The maximum absolute atomic E-state index is 12.3. The Hall–Kier alpha value is -1.61. The highest BCUT2D eigenvalue weighted by molar-refractivity contribution is 9.10. The number of carbonyl (C=O) groups excluding carboxylic acids is 1. The van der Waals surface area contributed by atoms with Gasteiger partial charge in [-0.2, -0.15) is 0 Å². The Bertz CT molecular complexity index is 580. The predicted octanol–water partition coefficient (Wildman–Crippen LogP) is 3.77. The highest BCUT2D eigenvalue weighted by atomic mass is 79.9. The van der Waals surface area contributed by atoms with Crippen molar-refractivity contribution in [3.8, 4) is 5.75 Å². The maximum atomic E-state index is 12.3. The van der Waals surface area contributed by atoms with E-state index in [4.69, 9.17) is 4.74 Å². The smallest absolute Gasteiger partial charge is 0.184 e. The molecule has 1 heterocycles. The molecule has 0 unspecified atom stereocenters. The number of hydrogen-bond donors (Lipinski definition) is 0. The number of rotatable bonds is 1. The second-order valence-corrected chi connectivity index (χ2v) is 5.20. The number of alkyl halides is 1. The van der Waals surface area contributed by atoms with Gasteiger partial charge in [-0.3, -0.25) is 4.79 Å². The fraction of sp³-hybridized carbons (Fsp3) is 0.133. The van der Waals surface area contributed by atoms with Crippen LogP contribution in [0, 0.1) is 0 Å². The topological polar surface area (TPSA) is 26.3 Å². The molecule has 1 aliphatic heterocycles. The van der Waals surface area contributed by atoms with Crippen molar-refractivity contribution < 1.29 is 9.53 Å². The summed E-state index contributed by atoms with van der Waals surface area (Å²) >= 11 is 3.45. The number of halogens is 1. The lowest BCUT2D eigenvalue weighted by Gasteiger charge is -2.29. The lowest BCUT2D eigenvalue weighted by molar-refractivity contribution is 0.0873. The van der Waals surface area contributed by atoms with Crippen LogP contribution < -0.4 is 4.74 Å². The van der Waals surface area contributed by atoms with Crippen molar-refractivity contribution in [3.63, 3.8) is 0 Å². The molecule has 0 saturated carbocycles. The fourth-order valence-electron chi connectivity index (χ4n) is 2.14. The normalized spacial score (nSPS) is 22.2. The summed E-state index contributed by atoms with van der Waals surface area (Å²) in [7, 11) is 0. The van der Waals surface area contributed by atoms with E-state index in [0.29, 0.717) is 11.3 Å². The average Bonchev–Trinajstić information content (AvgIpc) is 2.44. The molecule has 0 aliphatic carbocycles. The lowest BCUT2D eigenvalue weighted by Crippen LogP contribution is -2.31. The summed E-state index contributed by atoms with van der Waals surface area (Å²) in [6, 6.07) is 17.2. The molecule has 2 aromatic carbocycles. The molecule has 18 heavy (non-hydrogen) atoms. The van der Waals surface area contributed by atoms with Gasteiger partial charge >= 0.3 is 0 Å². The number of hydrogen-bond acceptors (Lipinski definition) is 2. The van der Waals surface area contributed by atoms with Crippen LogP contribution >= 0.6 is 15.9 Å². The van der Waals surface area contributed by atoms with Crippen molar-refractivity contribution in [1.82, 2.24) is 0 Å². The fourth-order valence-corrected chi connectivity index (χ4v) is 2.80. The van der Waals surface area contributed by atoms with Gasteiger partial charge in [-0.1, -0.05) is 58.4 Å². The van der Waals surface area contributed by atoms with E-state index in [-0.39, 0.29) is 16.7 Å². The van der Waals surface area contributed by atoms with Gasteiger partial charge in [0.25, 0.3) is 0 Å². The summed E-state index contributed by atoms with van der Waals surface area (Å²) in [5, 5.41) is 0. The van der Waals surface area contributed by atoms with Gasteiger partial charge in [0.1, 0.15) is 16.7 Å². The summed E-state index contributed by atoms with van der Waals surface area (Å²) in [5.74, 6) is 0.734. The van der Waals surface area contributed by atoms with Gasteiger partial charge < -0.3 is 4.74 Å². The molecule has 0 fully saturated rings. The Labute approximate surface area is 114 Å². The average molecular weight is 303 g/mol. The molecule has 3 rings (SSSR count). The first-order valence-electron chi connectivity index (χ1n) is 5.76. The summed E-state index contributed by atoms with van der Waals surface area (Å²) in [4.78, 5) is 11.9. The molecule has 2 nitrogen and oxygen atoms in total. The minimum absolute atomic E-state index is 0.0747. The number of ether oxygens (including phenoxy) is 1. The third kappa shape index (κ3) is 1.85. The molecule has 90 valence electrons. The molecule has 0 spiro atoms. The summed E-state index contributed by atoms with van der Waals surface area (Å²) in [6.45, 7) is 0. The van der Waals surface area contributed by atoms with Gasteiger partial charge in [0, 0.05) is 0 Å². The van der Waals surface area contributed by atoms with Crippen LogP contribution in [0.2, 0.25) is 0 Å². The molecule has 0 bridgehead atoms. The first-order valence-corrected chi connectivity index (χ1v) is 6.68. The Morgan fingerprint density at radius 3 is 2.39 bits per heavy atom. The van der Waals surface area contributed by atoms with Crippen LogP contribution in [0.3, 0.4) is 0 Å². The molecule has 3 heteroatoms. The second kappa shape index (κ2) is 4.58. The SMILES string of the molecule is O=C1c2ccccc2O[C@H](c2ccccc2)[C@H]1Br. The van der Waals surface area contributed by atoms with Crippen LogP contribution in [0.4, 0.5) is 0 Å². The first kappa shape index (κ1) is 11.5. The molecular weight excluding hydrogens is 292 g/mol. The van der Waals surface area contributed by atoms with Gasteiger partial charge in [0.15, 0.2) is 5.78 Å². The third-order valence-corrected chi connectivity index (χ3v) is 3.95. The van der Waals surface area contributed by atoms with E-state index >= 15 is 0 Å². The molecular formula is C15H11BrO2. The Kier molecular flexibility index (Phi) is 2.92. The van der Waals surface area contributed by atoms with E-state index < -0.39 is 0 Å². The minimum atomic E-state index is -0.338. The van der Waals surface area contributed by atoms with Gasteiger partial charge in [-0.15, -0.1) is 0 Å². The number of ketones is 1. The van der Waals surface area contributed by atoms with E-state index in [1.807, 2.05) is 48.5 Å². The largest absolute Gasteiger partial charge is 0.483 e. The van der Waals surface area contributed by atoms with Gasteiger partial charge in [0.2, 0.25) is 0 Å². The maximum Gasteiger partial charge on any atom is 0.184 e. The number of Topliss-reactive ketones (excluding diaryl/α,β-unsaturated/α-hetero) is 1. The molecule has 2 atom stereocenters. The zero-order valence-corrected chi connectivity index (χ0v) is 11.1. The summed E-state index contributed by atoms with van der Waals surface area (Å²) in [5.41, 5.74) is 1.65. The van der Waals surface area contributed by atoms with Gasteiger partial charge in [-0.25, -0.2) is 0 Å². The van der Waals surface area contributed by atoms with Crippen LogP contribution in [0.15, 0.2) is 54.6 Å². The minimum Gasteiger partial charge on any atom is -0.483 e. The molecule has 0 N–H and O–H groups in total. The van der Waals surface area contributed by atoms with E-state index in [2.05, 4.69) is 15.9 Å². The monoisotopic (exact) mass is 302 g/mol. The van der Waals surface area contributed by atoms with Crippen molar-refractivity contribution in [3.05, 3.63) is 65.7 Å². The number of para-hydroxylation sites is 1. The summed E-state index contributed by atoms with van der Waals surface area (Å²) < 4.78 is 5.93. The molecule has 0 amide bonds. The molecule has 0 radical (unpaired) electrons. The molecule has 1 aliphatic rings. The van der Waals surface area contributed by atoms with E-state index in [9.17, 15) is 4.79 Å². The number of fused-ring (bicyclic) bond motifs is 1. The molecule has 0 aromatic heterocycles. The van der Waals surface area contributed by atoms with E-state index in [0.717, 1.165) is 5.56 Å². The Morgan fingerprint density at radius 2 is 1.61 bits per heavy atom. The predicted molar refractivity (Wildman–Crippen MR) is 73.3 cm³/mol. The first-order chi connectivity index (χ1) is 8.77. The van der Waals surface area contributed by atoms with E-state index in [1.54, 1.807) is 6.07 Å². The number of carbonyl (C=O) groups is 1. The Morgan fingerprint density at radius 1 is 0.944 bits per heavy atom. The second-order valence-electron chi connectivity index (χ2n) is 4.21. The van der Waals surface area contributed by atoms with Crippen molar-refractivity contribution in [2.75, 3.05) is 0 Å². The van der Waals surface area contributed by atoms with Gasteiger partial charge in [0.05, 0.1) is 5.56 Å². The van der Waals surface area contributed by atoms with Gasteiger partial charge in [-0.05, 0) is 17.7 Å². The summed E-state index contributed by atoms with van der Waals surface area (Å²) in [6.07, 6.45) is -0.270. The quantitative estimate of drug-likeness (QED) is 0.750. The molecule has 2 aromatic rings. The van der Waals surface area contributed by atoms with E-state index in [1.165, 1.54) is 0 Å². The highest BCUT2D eigenvalue weighted by Crippen LogP contribution is 2.38. The van der Waals surface area contributed by atoms with Crippen molar-refractivity contribution in [1.29, 1.82) is 0 Å². The molecule has 0 saturated heterocycles. The van der Waals surface area contributed by atoms with Crippen molar-refractivity contribution in [2.24, 2.45) is 0 Å². The standard InChI is InChI=1S/C15H11BrO2/c16-13-14(17)11-8-4-5-9-12(11)18-15(13)10-6-2-1-3-7-10/h1-9,13,15H/t13-,15+/m0/s1. The van der Waals surface area contributed by atoms with Crippen LogP contribution in [-0.4, -0.2) is 10.6 Å². The zero-order chi connectivity index (χ0) is 12.5. The van der Waals surface area contributed by atoms with Crippen LogP contribution in [0.25, 0.3) is 0 Å². The number of benzene rings is 2. The van der Waals surface area contributed by atoms with Crippen LogP contribution in [-0.2, 0) is 0 Å². The van der Waals surface area contributed by atoms with Crippen LogP contribution in [0.1, 0.15) is 22.0 Å². The zero-order valence-electron chi connectivity index (χ0n) is 9.55. The third-order valence-electron chi connectivity index (χ3n) is 3.05. The highest BCUT2D eigenvalue weighted by Gasteiger charge is 2.35. The Balaban J connectivity index is 2.04. The van der Waals surface area contributed by atoms with Crippen molar-refractivity contribution in [2.45, 2.75) is 10.9 Å². The van der Waals surface area contributed by atoms with Crippen molar-refractivity contribution >= 4 is 21.7 Å². The van der Waals surface area contributed by atoms with Crippen LogP contribution in [0.5, 0.6) is 5.75 Å².